The predicted octanol–water partition coefficient (Wildman–Crippen LogP) is 1.92. The summed E-state index contributed by atoms with van der Waals surface area (Å²) in [6, 6.07) is 3.39. The third-order valence-corrected chi connectivity index (χ3v) is 3.35. The van der Waals surface area contributed by atoms with Crippen molar-refractivity contribution < 1.29 is 18.0 Å². The van der Waals surface area contributed by atoms with Gasteiger partial charge in [-0.25, -0.2) is 4.98 Å². The number of alkyl halides is 3. The van der Waals surface area contributed by atoms with Crippen molar-refractivity contribution in [2.45, 2.75) is 31.6 Å². The molecule has 1 saturated carbocycles. The number of amides is 1. The van der Waals surface area contributed by atoms with Crippen LogP contribution in [0.3, 0.4) is 0 Å². The Morgan fingerprint density at radius 3 is 2.76 bits per heavy atom. The highest BCUT2D eigenvalue weighted by Gasteiger charge is 2.31. The molecular weight excluding hydrogens is 285 g/mol. The van der Waals surface area contributed by atoms with Crippen LogP contribution in [-0.4, -0.2) is 21.5 Å². The van der Waals surface area contributed by atoms with Crippen LogP contribution in [0.2, 0.25) is 0 Å². The molecule has 1 aromatic carbocycles. The predicted molar refractivity (Wildman–Crippen MR) is 70.3 cm³/mol. The molecule has 8 heteroatoms. The van der Waals surface area contributed by atoms with E-state index in [4.69, 9.17) is 5.73 Å². The van der Waals surface area contributed by atoms with Gasteiger partial charge in [0.2, 0.25) is 11.9 Å². The molecule has 21 heavy (non-hydrogen) atoms. The summed E-state index contributed by atoms with van der Waals surface area (Å²) in [4.78, 5) is 15.7. The number of nitrogens with one attached hydrogen (secondary N) is 1. The molecule has 2 aromatic rings. The lowest BCUT2D eigenvalue weighted by Crippen LogP contribution is -2.29. The van der Waals surface area contributed by atoms with Gasteiger partial charge in [-0.05, 0) is 31.0 Å². The molecule has 3 N–H and O–H groups in total. The molecule has 1 heterocycles. The third-order valence-electron chi connectivity index (χ3n) is 3.35. The summed E-state index contributed by atoms with van der Waals surface area (Å²) in [6.45, 7) is -0.0514. The zero-order valence-corrected chi connectivity index (χ0v) is 10.9. The van der Waals surface area contributed by atoms with Crippen LogP contribution in [0, 0.1) is 0 Å². The maximum absolute atomic E-state index is 12.7. The zero-order valence-electron chi connectivity index (χ0n) is 10.9. The molecule has 0 spiro atoms. The minimum Gasteiger partial charge on any atom is -0.369 e. The van der Waals surface area contributed by atoms with E-state index in [-0.39, 0.29) is 30.0 Å². The number of carbonyl (C=O) groups is 1. The molecule has 0 bridgehead atoms. The summed E-state index contributed by atoms with van der Waals surface area (Å²) in [5, 5.41) is 2.80. The number of hydrogen-bond acceptors (Lipinski definition) is 3. The molecule has 5 nitrogen and oxygen atoms in total. The van der Waals surface area contributed by atoms with Gasteiger partial charge in [0.05, 0.1) is 16.6 Å². The molecule has 1 fully saturated rings. The van der Waals surface area contributed by atoms with Crippen LogP contribution in [0.5, 0.6) is 0 Å². The van der Waals surface area contributed by atoms with Crippen LogP contribution in [0.4, 0.5) is 19.1 Å². The maximum atomic E-state index is 12.7. The van der Waals surface area contributed by atoms with E-state index in [2.05, 4.69) is 10.3 Å². The first kappa shape index (κ1) is 13.7. The second-order valence-electron chi connectivity index (χ2n) is 5.10. The number of halogens is 3. The molecule has 0 unspecified atom stereocenters. The Bertz CT molecular complexity index is 703. The van der Waals surface area contributed by atoms with Gasteiger partial charge >= 0.3 is 6.18 Å². The minimum absolute atomic E-state index is 0.0234. The van der Waals surface area contributed by atoms with E-state index in [9.17, 15) is 18.0 Å². The maximum Gasteiger partial charge on any atom is 0.416 e. The number of fused-ring (bicyclic) bond motifs is 1. The second-order valence-corrected chi connectivity index (χ2v) is 5.10. The van der Waals surface area contributed by atoms with Crippen LogP contribution in [-0.2, 0) is 17.5 Å². The molecule has 0 atom stereocenters. The Morgan fingerprint density at radius 2 is 2.14 bits per heavy atom. The fraction of sp³-hybridized carbons (Fsp3) is 0.385. The van der Waals surface area contributed by atoms with E-state index >= 15 is 0 Å². The van der Waals surface area contributed by atoms with Gasteiger partial charge in [-0.1, -0.05) is 0 Å². The summed E-state index contributed by atoms with van der Waals surface area (Å²) in [7, 11) is 0. The number of rotatable bonds is 3. The largest absolute Gasteiger partial charge is 0.416 e. The normalized spacial score (nSPS) is 15.4. The van der Waals surface area contributed by atoms with Gasteiger partial charge in [0.25, 0.3) is 0 Å². The van der Waals surface area contributed by atoms with Crippen LogP contribution >= 0.6 is 0 Å². The Labute approximate surface area is 117 Å². The molecule has 1 aliphatic rings. The molecule has 0 aliphatic heterocycles. The molecule has 1 aromatic heterocycles. The van der Waals surface area contributed by atoms with Crippen LogP contribution in [0.1, 0.15) is 18.4 Å². The van der Waals surface area contributed by atoms with Crippen LogP contribution < -0.4 is 11.1 Å². The molecule has 0 radical (unpaired) electrons. The average molecular weight is 298 g/mol. The van der Waals surface area contributed by atoms with E-state index in [1.807, 2.05) is 0 Å². The topological polar surface area (TPSA) is 72.9 Å². The van der Waals surface area contributed by atoms with Gasteiger partial charge in [-0.15, -0.1) is 0 Å². The van der Waals surface area contributed by atoms with Crippen molar-refractivity contribution in [2.24, 2.45) is 0 Å². The summed E-state index contributed by atoms with van der Waals surface area (Å²) in [5.74, 6) is -0.196. The highest BCUT2D eigenvalue weighted by molar-refractivity contribution is 5.83. The van der Waals surface area contributed by atoms with E-state index in [0.29, 0.717) is 5.52 Å². The lowest BCUT2D eigenvalue weighted by atomic mass is 10.2. The Morgan fingerprint density at radius 1 is 1.43 bits per heavy atom. The van der Waals surface area contributed by atoms with Crippen molar-refractivity contribution in [3.8, 4) is 0 Å². The number of hydrogen-bond donors (Lipinski definition) is 2. The first-order chi connectivity index (χ1) is 9.84. The molecule has 3 rings (SSSR count). The lowest BCUT2D eigenvalue weighted by molar-refractivity contribution is -0.137. The number of nitrogen functional groups attached to an aromatic ring is 1. The fourth-order valence-electron chi connectivity index (χ4n) is 2.14. The van der Waals surface area contributed by atoms with Crippen LogP contribution in [0.25, 0.3) is 11.0 Å². The van der Waals surface area contributed by atoms with E-state index in [0.717, 1.165) is 25.0 Å². The average Bonchev–Trinajstić information content (AvgIpc) is 3.13. The second kappa shape index (κ2) is 4.64. The fourth-order valence-corrected chi connectivity index (χ4v) is 2.14. The first-order valence-electron chi connectivity index (χ1n) is 6.47. The number of nitrogens with two attached hydrogens (primary N) is 1. The van der Waals surface area contributed by atoms with E-state index in [1.165, 1.54) is 10.6 Å². The Kier molecular flexibility index (Phi) is 3.03. The summed E-state index contributed by atoms with van der Waals surface area (Å²) in [5.41, 5.74) is 5.44. The highest BCUT2D eigenvalue weighted by atomic mass is 19.4. The van der Waals surface area contributed by atoms with Gasteiger partial charge in [0.15, 0.2) is 0 Å². The third kappa shape index (κ3) is 2.79. The summed E-state index contributed by atoms with van der Waals surface area (Å²) >= 11 is 0. The number of nitrogens with zero attached hydrogens (tertiary/aromatic N) is 2. The van der Waals surface area contributed by atoms with Crippen molar-refractivity contribution in [1.82, 2.24) is 14.9 Å². The van der Waals surface area contributed by atoms with E-state index in [1.54, 1.807) is 0 Å². The van der Waals surface area contributed by atoms with Gasteiger partial charge in [-0.3, -0.25) is 4.79 Å². The molecular formula is C13H13F3N4O. The number of carbonyl (C=O) groups excluding carboxylic acids is 1. The van der Waals surface area contributed by atoms with Crippen molar-refractivity contribution in [3.63, 3.8) is 0 Å². The monoisotopic (exact) mass is 298 g/mol. The van der Waals surface area contributed by atoms with E-state index < -0.39 is 11.7 Å². The molecule has 1 amide bonds. The highest BCUT2D eigenvalue weighted by Crippen LogP contribution is 2.31. The van der Waals surface area contributed by atoms with Crippen molar-refractivity contribution in [2.75, 3.05) is 5.73 Å². The number of anilines is 1. The molecule has 112 valence electrons. The summed E-state index contributed by atoms with van der Waals surface area (Å²) in [6.07, 6.45) is -2.52. The van der Waals surface area contributed by atoms with Gasteiger partial charge in [0, 0.05) is 6.04 Å². The number of benzene rings is 1. The standard InChI is InChI=1S/C13H13F3N4O/c14-13(15,16)7-1-4-10-9(5-7)19-12(17)20(10)6-11(21)18-8-2-3-8/h1,4-5,8H,2-3,6H2,(H2,17,19)(H,18,21). The Hall–Kier alpha value is -2.25. The molecule has 1 aliphatic carbocycles. The Balaban J connectivity index is 1.91. The first-order valence-corrected chi connectivity index (χ1v) is 6.47. The van der Waals surface area contributed by atoms with Crippen molar-refractivity contribution >= 4 is 22.9 Å². The van der Waals surface area contributed by atoms with Gasteiger partial charge in [0.1, 0.15) is 6.54 Å². The lowest BCUT2D eigenvalue weighted by Gasteiger charge is -2.08. The van der Waals surface area contributed by atoms with Gasteiger partial charge < -0.3 is 15.6 Å². The SMILES string of the molecule is Nc1nc2cc(C(F)(F)F)ccc2n1CC(=O)NC1CC1. The minimum atomic E-state index is -4.43. The summed E-state index contributed by atoms with van der Waals surface area (Å²) < 4.78 is 39.4. The van der Waals surface area contributed by atoms with Crippen molar-refractivity contribution in [3.05, 3.63) is 23.8 Å². The quantitative estimate of drug-likeness (QED) is 0.909. The smallest absolute Gasteiger partial charge is 0.369 e. The van der Waals surface area contributed by atoms with Crippen molar-refractivity contribution in [1.29, 1.82) is 0 Å². The number of imidazole rings is 1. The van der Waals surface area contributed by atoms with Crippen LogP contribution in [0.15, 0.2) is 18.2 Å². The van der Waals surface area contributed by atoms with Gasteiger partial charge in [-0.2, -0.15) is 13.2 Å². The molecule has 0 saturated heterocycles. The number of aromatic nitrogens is 2. The zero-order chi connectivity index (χ0) is 15.2.